The number of ether oxygens (including phenoxy) is 8. The van der Waals surface area contributed by atoms with E-state index in [1.165, 1.54) is 0 Å². The Balaban J connectivity index is 2.04. The van der Waals surface area contributed by atoms with Gasteiger partial charge in [-0.2, -0.15) is 0 Å². The molecule has 1 aliphatic rings. The summed E-state index contributed by atoms with van der Waals surface area (Å²) in [6.07, 6.45) is 4.53. The third kappa shape index (κ3) is 25.4. The molecule has 3 amide bonds. The van der Waals surface area contributed by atoms with Crippen molar-refractivity contribution in [1.82, 2.24) is 21.3 Å². The average Bonchev–Trinajstić information content (AvgIpc) is 3.13. The highest BCUT2D eigenvalue weighted by Gasteiger charge is 2.23. The highest BCUT2D eigenvalue weighted by Crippen LogP contribution is 2.21. The summed E-state index contributed by atoms with van der Waals surface area (Å²) in [6, 6.07) is -0.566. The van der Waals surface area contributed by atoms with E-state index in [1.54, 1.807) is 7.05 Å². The topological polar surface area (TPSA) is 225 Å². The van der Waals surface area contributed by atoms with Crippen molar-refractivity contribution in [2.75, 3.05) is 126 Å². The lowest BCUT2D eigenvalue weighted by Crippen LogP contribution is -2.48. The minimum atomic E-state index is -0.566. The normalized spacial score (nSPS) is 15.6. The number of hydrogen-bond donors (Lipinski definition) is 6. The summed E-state index contributed by atoms with van der Waals surface area (Å²) in [5, 5.41) is 11.5. The Morgan fingerprint density at radius 1 is 0.712 bits per heavy atom. The van der Waals surface area contributed by atoms with E-state index >= 15 is 0 Å². The molecule has 304 valence electrons. The van der Waals surface area contributed by atoms with E-state index in [2.05, 4.69) is 21.3 Å². The van der Waals surface area contributed by atoms with Gasteiger partial charge in [0.25, 0.3) is 0 Å². The highest BCUT2D eigenvalue weighted by atomic mass is 16.6. The second-order valence-corrected chi connectivity index (χ2v) is 12.3. The van der Waals surface area contributed by atoms with E-state index in [-0.39, 0.29) is 49.4 Å². The third-order valence-corrected chi connectivity index (χ3v) is 7.77. The molecule has 0 bridgehead atoms. The van der Waals surface area contributed by atoms with Crippen molar-refractivity contribution < 1.29 is 52.3 Å². The van der Waals surface area contributed by atoms with Crippen molar-refractivity contribution in [2.45, 2.75) is 64.5 Å². The molecule has 0 aromatic carbocycles. The lowest BCUT2D eigenvalue weighted by molar-refractivity contribution is -0.130. The maximum absolute atomic E-state index is 12.4. The van der Waals surface area contributed by atoms with Crippen molar-refractivity contribution in [2.24, 2.45) is 17.4 Å². The summed E-state index contributed by atoms with van der Waals surface area (Å²) in [7, 11) is 1.54. The summed E-state index contributed by atoms with van der Waals surface area (Å²) in [4.78, 5) is 36.3. The van der Waals surface area contributed by atoms with Gasteiger partial charge in [-0.1, -0.05) is 26.7 Å². The van der Waals surface area contributed by atoms with Gasteiger partial charge in [0.1, 0.15) is 12.6 Å². The molecule has 0 aliphatic heterocycles. The van der Waals surface area contributed by atoms with Crippen LogP contribution in [0.5, 0.6) is 0 Å². The second kappa shape index (κ2) is 33.0. The van der Waals surface area contributed by atoms with Gasteiger partial charge in [0, 0.05) is 38.8 Å². The van der Waals surface area contributed by atoms with Crippen LogP contribution in [-0.2, 0) is 52.3 Å². The molecular weight excluding hydrogens is 680 g/mol. The minimum absolute atomic E-state index is 0.0161. The van der Waals surface area contributed by atoms with Crippen LogP contribution in [0.2, 0.25) is 0 Å². The van der Waals surface area contributed by atoms with Crippen LogP contribution in [0.15, 0.2) is 11.4 Å². The fourth-order valence-electron chi connectivity index (χ4n) is 4.92. The predicted octanol–water partition coefficient (Wildman–Crippen LogP) is -0.436. The van der Waals surface area contributed by atoms with Gasteiger partial charge < -0.3 is 70.6 Å². The average molecular weight is 749 g/mol. The number of nitrogens with two attached hydrogens (primary N) is 2. The van der Waals surface area contributed by atoms with E-state index in [1.807, 2.05) is 13.8 Å². The van der Waals surface area contributed by atoms with Gasteiger partial charge in [-0.15, -0.1) is 0 Å². The number of nitrogens with one attached hydrogen (secondary N) is 4. The molecule has 0 fully saturated rings. The fourth-order valence-corrected chi connectivity index (χ4v) is 4.92. The van der Waals surface area contributed by atoms with Crippen LogP contribution in [0.4, 0.5) is 0 Å². The molecule has 0 saturated heterocycles. The Kier molecular flexibility index (Phi) is 30.1. The number of carbonyl (C=O) groups is 3. The molecule has 2 atom stereocenters. The lowest BCUT2D eigenvalue weighted by atomic mass is 9.99. The van der Waals surface area contributed by atoms with E-state index in [9.17, 15) is 14.4 Å². The summed E-state index contributed by atoms with van der Waals surface area (Å²) >= 11 is 0. The molecule has 52 heavy (non-hydrogen) atoms. The van der Waals surface area contributed by atoms with Crippen LogP contribution in [0.1, 0.15) is 52.4 Å². The van der Waals surface area contributed by atoms with Crippen LogP contribution >= 0.6 is 0 Å². The van der Waals surface area contributed by atoms with Gasteiger partial charge in [-0.25, -0.2) is 0 Å². The van der Waals surface area contributed by atoms with Gasteiger partial charge in [0.05, 0.1) is 104 Å². The maximum Gasteiger partial charge on any atom is 0.246 e. The first-order valence-electron chi connectivity index (χ1n) is 18.7. The molecule has 17 nitrogen and oxygen atoms in total. The first-order valence-corrected chi connectivity index (χ1v) is 18.7. The first-order chi connectivity index (χ1) is 25.3. The molecule has 0 aromatic heterocycles. The molecule has 1 unspecified atom stereocenters. The largest absolute Gasteiger partial charge is 0.399 e. The van der Waals surface area contributed by atoms with E-state index in [0.29, 0.717) is 111 Å². The standard InChI is InChI=1S/C35H68N6O11/c1-28(2)34(35(44)38-3)41-31(42)9-13-45-17-21-49-25-26-51-24-20-48-16-12-40-32(43)27-52-30-8-6-4-5-7-29(33(30)37)39-11-15-47-19-23-50-22-18-46-14-10-36/h28,30,34,39H,4-27,36-37H2,1-3H3,(H,38,44)(H,40,43)(H,41,42)/t30?,34-/m0/s1. The van der Waals surface area contributed by atoms with Crippen LogP contribution in [-0.4, -0.2) is 156 Å². The Morgan fingerprint density at radius 2 is 1.25 bits per heavy atom. The van der Waals surface area contributed by atoms with Gasteiger partial charge in [-0.3, -0.25) is 14.4 Å². The zero-order valence-corrected chi connectivity index (χ0v) is 31.8. The highest BCUT2D eigenvalue weighted by molar-refractivity contribution is 5.87. The van der Waals surface area contributed by atoms with E-state index < -0.39 is 6.04 Å². The number of hydrogen-bond acceptors (Lipinski definition) is 14. The van der Waals surface area contributed by atoms with Gasteiger partial charge >= 0.3 is 0 Å². The smallest absolute Gasteiger partial charge is 0.246 e. The zero-order valence-electron chi connectivity index (χ0n) is 31.8. The van der Waals surface area contributed by atoms with Gasteiger partial charge in [-0.05, 0) is 25.2 Å². The number of rotatable bonds is 33. The van der Waals surface area contributed by atoms with Crippen LogP contribution < -0.4 is 32.7 Å². The number of amides is 3. The Hall–Kier alpha value is -2.61. The van der Waals surface area contributed by atoms with E-state index in [0.717, 1.165) is 37.8 Å². The quantitative estimate of drug-likeness (QED) is 0.0469. The van der Waals surface area contributed by atoms with Crippen LogP contribution in [0.3, 0.4) is 0 Å². The maximum atomic E-state index is 12.4. The molecule has 0 spiro atoms. The first kappa shape index (κ1) is 47.4. The second-order valence-electron chi connectivity index (χ2n) is 12.3. The molecule has 1 aliphatic carbocycles. The summed E-state index contributed by atoms with van der Waals surface area (Å²) in [6.45, 7) is 11.1. The molecule has 0 heterocycles. The molecule has 1 rings (SSSR count). The lowest BCUT2D eigenvalue weighted by Gasteiger charge is -2.25. The Bertz CT molecular complexity index is 960. The summed E-state index contributed by atoms with van der Waals surface area (Å²) < 4.78 is 44.2. The molecule has 17 heteroatoms. The summed E-state index contributed by atoms with van der Waals surface area (Å²) in [5.41, 5.74) is 13.5. The minimum Gasteiger partial charge on any atom is -0.399 e. The van der Waals surface area contributed by atoms with Crippen molar-refractivity contribution in [3.05, 3.63) is 11.4 Å². The van der Waals surface area contributed by atoms with Crippen molar-refractivity contribution in [1.29, 1.82) is 0 Å². The summed E-state index contributed by atoms with van der Waals surface area (Å²) in [5.74, 6) is -0.696. The monoisotopic (exact) mass is 748 g/mol. The van der Waals surface area contributed by atoms with Crippen molar-refractivity contribution in [3.8, 4) is 0 Å². The zero-order chi connectivity index (χ0) is 38.1. The number of allylic oxidation sites excluding steroid dienone is 1. The molecule has 0 radical (unpaired) electrons. The number of carbonyl (C=O) groups excluding carboxylic acids is 3. The number of likely N-dealkylation sites (N-methyl/N-ethyl adjacent to an activating group) is 1. The molecular formula is C35H68N6O11. The Morgan fingerprint density at radius 3 is 1.81 bits per heavy atom. The van der Waals surface area contributed by atoms with Crippen molar-refractivity contribution in [3.63, 3.8) is 0 Å². The predicted molar refractivity (Wildman–Crippen MR) is 195 cm³/mol. The SMILES string of the molecule is CNC(=O)[C@@H](NC(=O)CCOCCOCCOCCOCCNC(=O)COC1CCCCCC(NCCOCCOCCOCCN)=C1N)C(C)C. The van der Waals surface area contributed by atoms with Gasteiger partial charge in [0.2, 0.25) is 17.7 Å². The molecule has 8 N–H and O–H groups in total. The molecule has 0 aromatic rings. The van der Waals surface area contributed by atoms with Crippen molar-refractivity contribution >= 4 is 17.7 Å². The fraction of sp³-hybridized carbons (Fsp3) is 0.857. The van der Waals surface area contributed by atoms with Crippen LogP contribution in [0.25, 0.3) is 0 Å². The van der Waals surface area contributed by atoms with Gasteiger partial charge in [0.15, 0.2) is 0 Å². The van der Waals surface area contributed by atoms with Crippen LogP contribution in [0, 0.1) is 5.92 Å². The third-order valence-electron chi connectivity index (χ3n) is 7.77. The van der Waals surface area contributed by atoms with E-state index in [4.69, 9.17) is 49.4 Å². The molecule has 0 saturated carbocycles. The Labute approximate surface area is 310 Å².